The number of rotatable bonds is 8. The van der Waals surface area contributed by atoms with Gasteiger partial charge in [-0.05, 0) is 36.4 Å². The van der Waals surface area contributed by atoms with E-state index in [2.05, 4.69) is 20.4 Å². The van der Waals surface area contributed by atoms with E-state index < -0.39 is 11.9 Å². The predicted molar refractivity (Wildman–Crippen MR) is 144 cm³/mol. The van der Waals surface area contributed by atoms with Crippen LogP contribution in [0.4, 0.5) is 5.69 Å². The second kappa shape index (κ2) is 12.1. The Labute approximate surface area is 234 Å². The van der Waals surface area contributed by atoms with E-state index in [1.54, 1.807) is 65.6 Å². The number of aliphatic imine (C=N–C) groups is 1. The topological polar surface area (TPSA) is 116 Å². The number of benzene rings is 3. The van der Waals surface area contributed by atoms with Gasteiger partial charge < -0.3 is 18.9 Å². The Bertz CT molecular complexity index is 1480. The molecule has 0 saturated carbocycles. The molecule has 3 aromatic carbocycles. The molecule has 4 aromatic rings. The van der Waals surface area contributed by atoms with E-state index in [4.69, 9.17) is 47.4 Å². The van der Waals surface area contributed by atoms with Crippen LogP contribution in [0.2, 0.25) is 10.0 Å². The van der Waals surface area contributed by atoms with Gasteiger partial charge in [0.1, 0.15) is 43.4 Å². The molecule has 0 radical (unpaired) electrons. The van der Waals surface area contributed by atoms with E-state index >= 15 is 0 Å². The SMILES string of the molecule is N#CNC(=Nc1cccc(OCC2COC(Cn3cncn3)(c3ccc(Cl)cc3Cl)O2)c1)Oc1ccccc1. The molecular weight excluding hydrogens is 543 g/mol. The van der Waals surface area contributed by atoms with Crippen LogP contribution in [0, 0.1) is 11.5 Å². The van der Waals surface area contributed by atoms with Crippen molar-refractivity contribution in [2.45, 2.75) is 18.4 Å². The third-order valence-electron chi connectivity index (χ3n) is 5.64. The molecule has 0 bridgehead atoms. The molecule has 0 aliphatic carbocycles. The van der Waals surface area contributed by atoms with Crippen LogP contribution < -0.4 is 14.8 Å². The largest absolute Gasteiger partial charge is 0.491 e. The van der Waals surface area contributed by atoms with Gasteiger partial charge in [0.15, 0.2) is 6.19 Å². The van der Waals surface area contributed by atoms with Crippen LogP contribution in [-0.2, 0) is 21.8 Å². The van der Waals surface area contributed by atoms with Crippen molar-refractivity contribution < 1.29 is 18.9 Å². The maximum Gasteiger partial charge on any atom is 0.309 e. The van der Waals surface area contributed by atoms with Gasteiger partial charge in [0.2, 0.25) is 5.79 Å². The van der Waals surface area contributed by atoms with Crippen molar-refractivity contribution in [3.8, 4) is 17.7 Å². The van der Waals surface area contributed by atoms with Crippen molar-refractivity contribution in [3.63, 3.8) is 0 Å². The van der Waals surface area contributed by atoms with Crippen molar-refractivity contribution in [3.05, 3.63) is 101 Å². The number of nitrogens with one attached hydrogen (secondary N) is 1. The van der Waals surface area contributed by atoms with E-state index in [1.807, 2.05) is 24.4 Å². The third kappa shape index (κ3) is 6.66. The summed E-state index contributed by atoms with van der Waals surface area (Å²) in [6, 6.07) is 21.3. The number of nitriles is 1. The molecule has 2 heterocycles. The van der Waals surface area contributed by atoms with Gasteiger partial charge in [0.25, 0.3) is 0 Å². The van der Waals surface area contributed by atoms with E-state index in [-0.39, 0.29) is 25.8 Å². The summed E-state index contributed by atoms with van der Waals surface area (Å²) < 4.78 is 25.9. The van der Waals surface area contributed by atoms with Crippen LogP contribution in [0.15, 0.2) is 90.4 Å². The zero-order valence-electron chi connectivity index (χ0n) is 20.4. The Hall–Kier alpha value is -4.14. The first-order chi connectivity index (χ1) is 19.0. The molecule has 0 amide bonds. The number of amidine groups is 1. The lowest BCUT2D eigenvalue weighted by Gasteiger charge is -2.29. The molecule has 1 N–H and O–H groups in total. The van der Waals surface area contributed by atoms with Gasteiger partial charge in [-0.2, -0.15) is 15.4 Å². The van der Waals surface area contributed by atoms with Crippen LogP contribution in [0.1, 0.15) is 5.56 Å². The highest BCUT2D eigenvalue weighted by Gasteiger charge is 2.45. The second-order valence-electron chi connectivity index (χ2n) is 8.40. The molecule has 2 atom stereocenters. The molecule has 1 aromatic heterocycles. The summed E-state index contributed by atoms with van der Waals surface area (Å²) in [5, 5.41) is 16.6. The minimum Gasteiger partial charge on any atom is -0.491 e. The van der Waals surface area contributed by atoms with E-state index in [0.29, 0.717) is 32.8 Å². The first-order valence-corrected chi connectivity index (χ1v) is 12.6. The fraction of sp³-hybridized carbons (Fsp3) is 0.185. The summed E-state index contributed by atoms with van der Waals surface area (Å²) in [4.78, 5) is 8.39. The smallest absolute Gasteiger partial charge is 0.309 e. The van der Waals surface area contributed by atoms with Gasteiger partial charge in [-0.3, -0.25) is 0 Å². The molecule has 1 fully saturated rings. The summed E-state index contributed by atoms with van der Waals surface area (Å²) in [7, 11) is 0. The summed E-state index contributed by atoms with van der Waals surface area (Å²) in [6.45, 7) is 0.680. The second-order valence-corrected chi connectivity index (χ2v) is 9.24. The minimum absolute atomic E-state index is 0.0334. The molecule has 0 spiro atoms. The fourth-order valence-electron chi connectivity index (χ4n) is 3.96. The summed E-state index contributed by atoms with van der Waals surface area (Å²) in [6.07, 6.45) is 4.43. The van der Waals surface area contributed by atoms with Gasteiger partial charge in [-0.1, -0.05) is 53.5 Å². The first-order valence-electron chi connectivity index (χ1n) is 11.8. The maximum atomic E-state index is 9.09. The molecule has 1 aliphatic heterocycles. The average molecular weight is 565 g/mol. The Morgan fingerprint density at radius 1 is 1.13 bits per heavy atom. The number of hydrogen-bond donors (Lipinski definition) is 1. The molecule has 12 heteroatoms. The van der Waals surface area contributed by atoms with Gasteiger partial charge in [0, 0.05) is 16.7 Å². The van der Waals surface area contributed by atoms with E-state index in [1.165, 1.54) is 6.33 Å². The number of aromatic nitrogens is 3. The van der Waals surface area contributed by atoms with Crippen LogP contribution >= 0.6 is 23.2 Å². The van der Waals surface area contributed by atoms with Crippen molar-refractivity contribution in [2.75, 3.05) is 13.2 Å². The highest BCUT2D eigenvalue weighted by Crippen LogP contribution is 2.40. The normalized spacial score (nSPS) is 18.9. The summed E-state index contributed by atoms with van der Waals surface area (Å²) in [5.41, 5.74) is 1.15. The number of ether oxygens (including phenoxy) is 4. The lowest BCUT2D eigenvalue weighted by Crippen LogP contribution is -2.35. The lowest BCUT2D eigenvalue weighted by molar-refractivity contribution is -0.190. The van der Waals surface area contributed by atoms with Gasteiger partial charge in [-0.25, -0.2) is 15.0 Å². The first kappa shape index (κ1) is 26.5. The molecule has 10 nitrogen and oxygen atoms in total. The highest BCUT2D eigenvalue weighted by atomic mass is 35.5. The fourth-order valence-corrected chi connectivity index (χ4v) is 4.51. The molecular formula is C27H22Cl2N6O4. The Morgan fingerprint density at radius 3 is 2.74 bits per heavy atom. The van der Waals surface area contributed by atoms with Gasteiger partial charge in [-0.15, -0.1) is 0 Å². The monoisotopic (exact) mass is 564 g/mol. The van der Waals surface area contributed by atoms with Crippen LogP contribution in [-0.4, -0.2) is 40.1 Å². The van der Waals surface area contributed by atoms with Crippen molar-refractivity contribution in [1.29, 1.82) is 5.26 Å². The van der Waals surface area contributed by atoms with Crippen LogP contribution in [0.3, 0.4) is 0 Å². The Kier molecular flexibility index (Phi) is 8.24. The van der Waals surface area contributed by atoms with Crippen molar-refractivity contribution >= 4 is 34.9 Å². The summed E-state index contributed by atoms with van der Waals surface area (Å²) >= 11 is 12.6. The van der Waals surface area contributed by atoms with Crippen LogP contribution in [0.25, 0.3) is 0 Å². The standard InChI is InChI=1S/C27H22Cl2N6O4/c28-19-9-10-24(25(29)11-19)27(15-35-18-31-17-33-35)37-14-23(39-27)13-36-22-8-4-5-20(12-22)34-26(32-16-30)38-21-6-2-1-3-7-21/h1-12,17-18,23H,13-15H2,(H,32,34). The average Bonchev–Trinajstić information content (AvgIpc) is 3.59. The maximum absolute atomic E-state index is 9.09. The zero-order chi connectivity index (χ0) is 27.1. The van der Waals surface area contributed by atoms with Gasteiger partial charge in [0.05, 0.1) is 17.3 Å². The Morgan fingerprint density at radius 2 is 1.97 bits per heavy atom. The molecule has 1 aliphatic rings. The van der Waals surface area contributed by atoms with Gasteiger partial charge >= 0.3 is 6.02 Å². The zero-order valence-corrected chi connectivity index (χ0v) is 21.9. The van der Waals surface area contributed by atoms with Crippen molar-refractivity contribution in [2.24, 2.45) is 4.99 Å². The third-order valence-corrected chi connectivity index (χ3v) is 6.19. The number of para-hydroxylation sites is 1. The number of hydrogen-bond acceptors (Lipinski definition) is 8. The molecule has 39 heavy (non-hydrogen) atoms. The van der Waals surface area contributed by atoms with E-state index in [9.17, 15) is 0 Å². The van der Waals surface area contributed by atoms with Crippen LogP contribution in [0.5, 0.6) is 11.5 Å². The predicted octanol–water partition coefficient (Wildman–Crippen LogP) is 5.07. The molecule has 198 valence electrons. The van der Waals surface area contributed by atoms with E-state index in [0.717, 1.165) is 0 Å². The Balaban J connectivity index is 1.29. The highest BCUT2D eigenvalue weighted by molar-refractivity contribution is 6.35. The number of halogens is 2. The molecule has 1 saturated heterocycles. The quantitative estimate of drug-likeness (QED) is 0.136. The lowest BCUT2D eigenvalue weighted by atomic mass is 10.1. The number of nitrogens with zero attached hydrogens (tertiary/aromatic N) is 5. The summed E-state index contributed by atoms with van der Waals surface area (Å²) in [5.74, 6) is -0.114. The minimum atomic E-state index is -1.21. The molecule has 2 unspecified atom stereocenters. The van der Waals surface area contributed by atoms with Crippen molar-refractivity contribution in [1.82, 2.24) is 20.1 Å². The molecule has 5 rings (SSSR count).